The van der Waals surface area contributed by atoms with Crippen LogP contribution in [-0.4, -0.2) is 37.1 Å². The Labute approximate surface area is 127 Å². The molecule has 0 aromatic heterocycles. The molecule has 3 rings (SSSR count). The lowest BCUT2D eigenvalue weighted by Gasteiger charge is -2.42. The maximum atomic E-state index is 13.0. The number of nitrogens with zero attached hydrogens (tertiary/aromatic N) is 2. The van der Waals surface area contributed by atoms with Crippen LogP contribution in [0.2, 0.25) is 0 Å². The molecule has 0 atom stereocenters. The van der Waals surface area contributed by atoms with Gasteiger partial charge < -0.3 is 9.80 Å². The van der Waals surface area contributed by atoms with E-state index in [9.17, 15) is 4.39 Å². The van der Waals surface area contributed by atoms with E-state index in [4.69, 9.17) is 0 Å². The lowest BCUT2D eigenvalue weighted by molar-refractivity contribution is 0.122. The van der Waals surface area contributed by atoms with Gasteiger partial charge in [0.25, 0.3) is 0 Å². The third kappa shape index (κ3) is 3.57. The van der Waals surface area contributed by atoms with Crippen molar-refractivity contribution in [3.05, 3.63) is 30.1 Å². The number of likely N-dealkylation sites (tertiary alicyclic amines) is 1. The molecular weight excluding hydrogens is 263 g/mol. The van der Waals surface area contributed by atoms with Gasteiger partial charge in [-0.25, -0.2) is 4.39 Å². The summed E-state index contributed by atoms with van der Waals surface area (Å²) in [6, 6.07) is 8.34. The Morgan fingerprint density at radius 1 is 0.952 bits per heavy atom. The summed E-state index contributed by atoms with van der Waals surface area (Å²) in [4.78, 5) is 5.05. The molecule has 21 heavy (non-hydrogen) atoms. The molecule has 1 heterocycles. The summed E-state index contributed by atoms with van der Waals surface area (Å²) in [5, 5.41) is 0. The number of hydrogen-bond acceptors (Lipinski definition) is 2. The SMILES string of the molecule is CN(c1ccc(F)cc1)C1CCN(C2CCCCC2)CC1. The Kier molecular flexibility index (Phi) is 4.79. The molecule has 2 nitrogen and oxygen atoms in total. The standard InChI is InChI=1S/C18H27FN2/c1-20(16-9-7-15(19)8-10-16)17-11-13-21(14-12-17)18-5-3-2-4-6-18/h7-10,17-18H,2-6,11-14H2,1H3. The van der Waals surface area contributed by atoms with Gasteiger partial charge in [-0.2, -0.15) is 0 Å². The van der Waals surface area contributed by atoms with E-state index in [2.05, 4.69) is 16.8 Å². The van der Waals surface area contributed by atoms with Crippen molar-refractivity contribution >= 4 is 5.69 Å². The minimum atomic E-state index is -0.153. The fourth-order valence-electron chi connectivity index (χ4n) is 3.97. The summed E-state index contributed by atoms with van der Waals surface area (Å²) in [5.74, 6) is -0.153. The number of rotatable bonds is 3. The summed E-state index contributed by atoms with van der Waals surface area (Å²) in [7, 11) is 2.15. The first kappa shape index (κ1) is 14.8. The quantitative estimate of drug-likeness (QED) is 0.828. The average Bonchev–Trinajstić information content (AvgIpc) is 2.56. The number of hydrogen-bond donors (Lipinski definition) is 0. The van der Waals surface area contributed by atoms with Crippen LogP contribution in [0.15, 0.2) is 24.3 Å². The average molecular weight is 290 g/mol. The van der Waals surface area contributed by atoms with Gasteiger partial charge in [-0.3, -0.25) is 0 Å². The van der Waals surface area contributed by atoms with E-state index in [1.54, 1.807) is 12.1 Å². The Balaban J connectivity index is 1.53. The number of halogens is 1. The van der Waals surface area contributed by atoms with Crippen LogP contribution in [0.1, 0.15) is 44.9 Å². The number of anilines is 1. The molecule has 2 aliphatic rings. The molecule has 116 valence electrons. The first-order chi connectivity index (χ1) is 10.2. The van der Waals surface area contributed by atoms with Crippen LogP contribution in [0.4, 0.5) is 10.1 Å². The molecule has 1 saturated carbocycles. The van der Waals surface area contributed by atoms with Crippen molar-refractivity contribution in [2.45, 2.75) is 57.0 Å². The van der Waals surface area contributed by atoms with E-state index in [1.165, 1.54) is 58.0 Å². The first-order valence-corrected chi connectivity index (χ1v) is 8.46. The Bertz CT molecular complexity index is 431. The van der Waals surface area contributed by atoms with E-state index < -0.39 is 0 Å². The predicted octanol–water partition coefficient (Wildman–Crippen LogP) is 4.06. The van der Waals surface area contributed by atoms with Crippen molar-refractivity contribution in [2.75, 3.05) is 25.0 Å². The minimum Gasteiger partial charge on any atom is -0.372 e. The number of piperidine rings is 1. The van der Waals surface area contributed by atoms with Gasteiger partial charge in [-0.1, -0.05) is 19.3 Å². The molecule has 3 heteroatoms. The van der Waals surface area contributed by atoms with E-state index in [0.29, 0.717) is 6.04 Å². The normalized spacial score (nSPS) is 22.4. The summed E-state index contributed by atoms with van der Waals surface area (Å²) < 4.78 is 13.0. The van der Waals surface area contributed by atoms with Crippen molar-refractivity contribution in [1.82, 2.24) is 4.90 Å². The van der Waals surface area contributed by atoms with Crippen LogP contribution >= 0.6 is 0 Å². The fourth-order valence-corrected chi connectivity index (χ4v) is 3.97. The summed E-state index contributed by atoms with van der Waals surface area (Å²) in [5.41, 5.74) is 1.13. The Hall–Kier alpha value is -1.09. The van der Waals surface area contributed by atoms with Gasteiger partial charge in [0.2, 0.25) is 0 Å². The lowest BCUT2D eigenvalue weighted by atomic mass is 9.92. The minimum absolute atomic E-state index is 0.153. The van der Waals surface area contributed by atoms with Crippen LogP contribution in [0.5, 0.6) is 0 Å². The fraction of sp³-hybridized carbons (Fsp3) is 0.667. The monoisotopic (exact) mass is 290 g/mol. The molecule has 0 bridgehead atoms. The van der Waals surface area contributed by atoms with Crippen molar-refractivity contribution in [2.24, 2.45) is 0 Å². The summed E-state index contributed by atoms with van der Waals surface area (Å²) in [6.45, 7) is 2.45. The molecule has 1 saturated heterocycles. The van der Waals surface area contributed by atoms with Crippen LogP contribution in [0, 0.1) is 5.82 Å². The molecule has 0 N–H and O–H groups in total. The predicted molar refractivity (Wildman–Crippen MR) is 86.3 cm³/mol. The molecule has 0 unspecified atom stereocenters. The molecule has 0 amide bonds. The van der Waals surface area contributed by atoms with Gasteiger partial charge >= 0.3 is 0 Å². The third-order valence-corrected chi connectivity index (χ3v) is 5.37. The highest BCUT2D eigenvalue weighted by atomic mass is 19.1. The zero-order valence-corrected chi connectivity index (χ0v) is 13.1. The molecular formula is C18H27FN2. The van der Waals surface area contributed by atoms with Crippen molar-refractivity contribution in [1.29, 1.82) is 0 Å². The second-order valence-electron chi connectivity index (χ2n) is 6.65. The molecule has 1 aliphatic carbocycles. The Morgan fingerprint density at radius 2 is 1.57 bits per heavy atom. The van der Waals surface area contributed by atoms with Gasteiger partial charge in [0, 0.05) is 37.9 Å². The second-order valence-corrected chi connectivity index (χ2v) is 6.65. The van der Waals surface area contributed by atoms with Crippen LogP contribution in [0.25, 0.3) is 0 Å². The van der Waals surface area contributed by atoms with Gasteiger partial charge in [0.05, 0.1) is 0 Å². The smallest absolute Gasteiger partial charge is 0.123 e. The van der Waals surface area contributed by atoms with Gasteiger partial charge in [-0.05, 0) is 49.9 Å². The van der Waals surface area contributed by atoms with E-state index in [-0.39, 0.29) is 5.82 Å². The van der Waals surface area contributed by atoms with Gasteiger partial charge in [-0.15, -0.1) is 0 Å². The number of benzene rings is 1. The molecule has 0 radical (unpaired) electrons. The van der Waals surface area contributed by atoms with E-state index in [1.807, 2.05) is 12.1 Å². The van der Waals surface area contributed by atoms with E-state index >= 15 is 0 Å². The molecule has 2 fully saturated rings. The van der Waals surface area contributed by atoms with Gasteiger partial charge in [0.15, 0.2) is 0 Å². The molecule has 1 aromatic carbocycles. The topological polar surface area (TPSA) is 6.48 Å². The largest absolute Gasteiger partial charge is 0.372 e. The highest BCUT2D eigenvalue weighted by molar-refractivity contribution is 5.46. The highest BCUT2D eigenvalue weighted by Crippen LogP contribution is 2.28. The zero-order chi connectivity index (χ0) is 14.7. The van der Waals surface area contributed by atoms with Crippen molar-refractivity contribution in [3.63, 3.8) is 0 Å². The highest BCUT2D eigenvalue weighted by Gasteiger charge is 2.27. The maximum Gasteiger partial charge on any atom is 0.123 e. The summed E-state index contributed by atoms with van der Waals surface area (Å²) >= 11 is 0. The van der Waals surface area contributed by atoms with Crippen LogP contribution < -0.4 is 4.90 Å². The second kappa shape index (κ2) is 6.78. The van der Waals surface area contributed by atoms with Crippen LogP contribution in [-0.2, 0) is 0 Å². The third-order valence-electron chi connectivity index (χ3n) is 5.37. The zero-order valence-electron chi connectivity index (χ0n) is 13.1. The van der Waals surface area contributed by atoms with Gasteiger partial charge in [0.1, 0.15) is 5.82 Å². The summed E-state index contributed by atoms with van der Waals surface area (Å²) in [6.07, 6.45) is 9.52. The first-order valence-electron chi connectivity index (χ1n) is 8.46. The Morgan fingerprint density at radius 3 is 2.19 bits per heavy atom. The molecule has 1 aromatic rings. The van der Waals surface area contributed by atoms with E-state index in [0.717, 1.165) is 11.7 Å². The molecule has 0 spiro atoms. The van der Waals surface area contributed by atoms with Crippen molar-refractivity contribution in [3.8, 4) is 0 Å². The lowest BCUT2D eigenvalue weighted by Crippen LogP contribution is -2.47. The van der Waals surface area contributed by atoms with Crippen molar-refractivity contribution < 1.29 is 4.39 Å². The molecule has 1 aliphatic heterocycles. The van der Waals surface area contributed by atoms with Crippen LogP contribution in [0.3, 0.4) is 0 Å². The maximum absolute atomic E-state index is 13.0.